The largest absolute Gasteiger partial charge is 0.369 e. The van der Waals surface area contributed by atoms with Gasteiger partial charge in [-0.2, -0.15) is 0 Å². The van der Waals surface area contributed by atoms with Gasteiger partial charge in [0, 0.05) is 16.8 Å². The fraction of sp³-hybridized carbons (Fsp3) is 0.294. The van der Waals surface area contributed by atoms with Crippen LogP contribution in [0.4, 0.5) is 5.82 Å². The molecular formula is C17H17N3OS. The zero-order valence-electron chi connectivity index (χ0n) is 12.4. The summed E-state index contributed by atoms with van der Waals surface area (Å²) in [6, 6.07) is 10.5. The Kier molecular flexibility index (Phi) is 3.52. The summed E-state index contributed by atoms with van der Waals surface area (Å²) < 4.78 is 5.94. The highest BCUT2D eigenvalue weighted by Gasteiger charge is 2.24. The van der Waals surface area contributed by atoms with Crippen LogP contribution in [0, 0.1) is 6.92 Å². The molecule has 3 heterocycles. The molecular weight excluding hydrogens is 294 g/mol. The third-order valence-electron chi connectivity index (χ3n) is 4.00. The molecule has 0 aliphatic carbocycles. The first-order valence-corrected chi connectivity index (χ1v) is 8.30. The second-order valence-corrected chi connectivity index (χ2v) is 6.52. The van der Waals surface area contributed by atoms with E-state index in [1.807, 2.05) is 0 Å². The van der Waals surface area contributed by atoms with Gasteiger partial charge in [-0.15, -0.1) is 11.3 Å². The number of nitrogens with zero attached hydrogens (tertiary/aromatic N) is 3. The van der Waals surface area contributed by atoms with Crippen molar-refractivity contribution >= 4 is 28.1 Å². The maximum atomic E-state index is 5.94. The average molecular weight is 311 g/mol. The van der Waals surface area contributed by atoms with Crippen molar-refractivity contribution < 1.29 is 4.74 Å². The molecule has 0 saturated carbocycles. The maximum Gasteiger partial charge on any atom is 0.140 e. The monoisotopic (exact) mass is 311 g/mol. The Morgan fingerprint density at radius 1 is 1.27 bits per heavy atom. The molecule has 5 heteroatoms. The minimum Gasteiger partial charge on any atom is -0.369 e. The van der Waals surface area contributed by atoms with Crippen molar-refractivity contribution in [3.63, 3.8) is 0 Å². The quantitative estimate of drug-likeness (QED) is 0.725. The van der Waals surface area contributed by atoms with E-state index in [4.69, 9.17) is 4.74 Å². The summed E-state index contributed by atoms with van der Waals surface area (Å²) in [5, 5.41) is 3.22. The third kappa shape index (κ3) is 2.46. The molecule has 112 valence electrons. The van der Waals surface area contributed by atoms with E-state index in [1.54, 1.807) is 17.7 Å². The summed E-state index contributed by atoms with van der Waals surface area (Å²) >= 11 is 1.75. The number of thiophene rings is 1. The van der Waals surface area contributed by atoms with E-state index in [0.29, 0.717) is 0 Å². The highest BCUT2D eigenvalue weighted by molar-refractivity contribution is 7.10. The lowest BCUT2D eigenvalue weighted by Gasteiger charge is -2.33. The molecule has 1 fully saturated rings. The predicted octanol–water partition coefficient (Wildman–Crippen LogP) is 3.58. The molecule has 0 radical (unpaired) electrons. The topological polar surface area (TPSA) is 38.2 Å². The smallest absolute Gasteiger partial charge is 0.140 e. The van der Waals surface area contributed by atoms with Crippen molar-refractivity contribution in [3.8, 4) is 0 Å². The predicted molar refractivity (Wildman–Crippen MR) is 89.5 cm³/mol. The molecule has 0 N–H and O–H groups in total. The molecule has 1 atom stereocenters. The molecule has 1 aromatic carbocycles. The molecule has 3 aromatic rings. The number of anilines is 1. The lowest BCUT2D eigenvalue weighted by Crippen LogP contribution is -2.38. The summed E-state index contributed by atoms with van der Waals surface area (Å²) in [6.07, 6.45) is 1.78. The molecule has 1 aliphatic rings. The Morgan fingerprint density at radius 3 is 3.09 bits per heavy atom. The first kappa shape index (κ1) is 13.7. The van der Waals surface area contributed by atoms with Gasteiger partial charge in [0.1, 0.15) is 18.2 Å². The van der Waals surface area contributed by atoms with Crippen molar-refractivity contribution in [1.29, 1.82) is 0 Å². The highest BCUT2D eigenvalue weighted by Crippen LogP contribution is 2.31. The number of hydrogen-bond donors (Lipinski definition) is 0. The average Bonchev–Trinajstić information content (AvgIpc) is 3.09. The Morgan fingerprint density at radius 2 is 2.23 bits per heavy atom. The van der Waals surface area contributed by atoms with Crippen molar-refractivity contribution in [2.45, 2.75) is 13.0 Å². The van der Waals surface area contributed by atoms with Gasteiger partial charge in [0.05, 0.1) is 18.7 Å². The number of hydrogen-bond acceptors (Lipinski definition) is 5. The van der Waals surface area contributed by atoms with Crippen LogP contribution in [0.25, 0.3) is 10.9 Å². The van der Waals surface area contributed by atoms with Gasteiger partial charge in [-0.25, -0.2) is 9.97 Å². The van der Waals surface area contributed by atoms with Crippen LogP contribution >= 0.6 is 11.3 Å². The molecule has 1 unspecified atom stereocenters. The minimum atomic E-state index is 0.128. The summed E-state index contributed by atoms with van der Waals surface area (Å²) in [5.41, 5.74) is 2.22. The number of aromatic nitrogens is 2. The first-order valence-electron chi connectivity index (χ1n) is 7.42. The first-order chi connectivity index (χ1) is 10.8. The Bertz CT molecular complexity index is 788. The highest BCUT2D eigenvalue weighted by atomic mass is 32.1. The summed E-state index contributed by atoms with van der Waals surface area (Å²) in [4.78, 5) is 12.5. The summed E-state index contributed by atoms with van der Waals surface area (Å²) in [6.45, 7) is 4.52. The van der Waals surface area contributed by atoms with Gasteiger partial charge in [0.25, 0.3) is 0 Å². The van der Waals surface area contributed by atoms with E-state index < -0.39 is 0 Å². The van der Waals surface area contributed by atoms with Crippen LogP contribution in [0.2, 0.25) is 0 Å². The van der Waals surface area contributed by atoms with Gasteiger partial charge in [0.15, 0.2) is 0 Å². The molecule has 1 aliphatic heterocycles. The molecule has 4 nitrogen and oxygen atoms in total. The lowest BCUT2D eigenvalue weighted by molar-refractivity contribution is 0.0419. The molecule has 0 bridgehead atoms. The molecule has 4 rings (SSSR count). The zero-order chi connectivity index (χ0) is 14.9. The molecule has 1 saturated heterocycles. The normalized spacial score (nSPS) is 18.8. The van der Waals surface area contributed by atoms with E-state index >= 15 is 0 Å². The van der Waals surface area contributed by atoms with Gasteiger partial charge in [-0.05, 0) is 30.5 Å². The third-order valence-corrected chi connectivity index (χ3v) is 4.96. The number of benzene rings is 1. The lowest BCUT2D eigenvalue weighted by atomic mass is 10.1. The Balaban J connectivity index is 1.70. The van der Waals surface area contributed by atoms with E-state index in [2.05, 4.69) is 57.5 Å². The Labute approximate surface area is 133 Å². The molecule has 2 aromatic heterocycles. The number of ether oxygens (including phenoxy) is 1. The summed E-state index contributed by atoms with van der Waals surface area (Å²) in [7, 11) is 0. The van der Waals surface area contributed by atoms with Gasteiger partial charge >= 0.3 is 0 Å². The fourth-order valence-electron chi connectivity index (χ4n) is 2.90. The van der Waals surface area contributed by atoms with Crippen molar-refractivity contribution in [3.05, 3.63) is 52.5 Å². The number of fused-ring (bicyclic) bond motifs is 1. The SMILES string of the molecule is Cc1ccc2ncnc(N3CCOC(c4cccs4)C3)c2c1. The standard InChI is InChI=1S/C17H17N3OS/c1-12-4-5-14-13(9-12)17(19-11-18-14)20-6-7-21-15(10-20)16-3-2-8-22-16/h2-5,8-9,11,15H,6-7,10H2,1H3. The van der Waals surface area contributed by atoms with E-state index in [-0.39, 0.29) is 6.10 Å². The van der Waals surface area contributed by atoms with Gasteiger partial charge in [-0.3, -0.25) is 0 Å². The van der Waals surface area contributed by atoms with Crippen molar-refractivity contribution in [1.82, 2.24) is 9.97 Å². The minimum absolute atomic E-state index is 0.128. The Hall–Kier alpha value is -1.98. The maximum absolute atomic E-state index is 5.94. The number of rotatable bonds is 2. The molecule has 0 spiro atoms. The number of morpholine rings is 1. The van der Waals surface area contributed by atoms with Crippen LogP contribution in [0.15, 0.2) is 42.0 Å². The molecule has 0 amide bonds. The van der Waals surface area contributed by atoms with Crippen molar-refractivity contribution in [2.75, 3.05) is 24.6 Å². The van der Waals surface area contributed by atoms with Crippen LogP contribution in [0.3, 0.4) is 0 Å². The number of aryl methyl sites for hydroxylation is 1. The van der Waals surface area contributed by atoms with Crippen LogP contribution in [0.5, 0.6) is 0 Å². The van der Waals surface area contributed by atoms with Gasteiger partial charge in [-0.1, -0.05) is 17.7 Å². The van der Waals surface area contributed by atoms with E-state index in [9.17, 15) is 0 Å². The summed E-state index contributed by atoms with van der Waals surface area (Å²) in [5.74, 6) is 1.01. The second-order valence-electron chi connectivity index (χ2n) is 5.54. The van der Waals surface area contributed by atoms with Crippen LogP contribution in [-0.4, -0.2) is 29.7 Å². The van der Waals surface area contributed by atoms with Crippen molar-refractivity contribution in [2.24, 2.45) is 0 Å². The van der Waals surface area contributed by atoms with Crippen LogP contribution in [-0.2, 0) is 4.74 Å². The van der Waals surface area contributed by atoms with Gasteiger partial charge in [0.2, 0.25) is 0 Å². The van der Waals surface area contributed by atoms with Gasteiger partial charge < -0.3 is 9.64 Å². The van der Waals surface area contributed by atoms with E-state index in [1.165, 1.54) is 10.4 Å². The second kappa shape index (κ2) is 5.66. The fourth-order valence-corrected chi connectivity index (χ4v) is 3.66. The van der Waals surface area contributed by atoms with Crippen LogP contribution in [0.1, 0.15) is 16.5 Å². The van der Waals surface area contributed by atoms with E-state index in [0.717, 1.165) is 36.4 Å². The van der Waals surface area contributed by atoms with Crippen LogP contribution < -0.4 is 4.90 Å². The zero-order valence-corrected chi connectivity index (χ0v) is 13.2. The molecule has 22 heavy (non-hydrogen) atoms.